The highest BCUT2D eigenvalue weighted by Gasteiger charge is 2.42. The van der Waals surface area contributed by atoms with Gasteiger partial charge >= 0.3 is 0 Å². The standard InChI is InChI=1S/C25H32N4O2/c1-14-8-7-9-15(2)19(14)13-26-23-22-18(16(3)17(4)27-22)12-20(28-23)24(30)29-11-10-21(29)25(5,6)31/h7-9,12,21,27,31H,10-11,13H2,1-6H3,(H,26,28)/t21-/m1/s1. The van der Waals surface area contributed by atoms with E-state index < -0.39 is 5.60 Å². The number of pyridine rings is 1. The largest absolute Gasteiger partial charge is 0.388 e. The number of carbonyl (C=O) groups is 1. The van der Waals surface area contributed by atoms with E-state index in [0.29, 0.717) is 24.6 Å². The summed E-state index contributed by atoms with van der Waals surface area (Å²) in [6.07, 6.45) is 0.803. The second-order valence-electron chi connectivity index (χ2n) is 9.33. The van der Waals surface area contributed by atoms with E-state index in [2.05, 4.69) is 49.3 Å². The Labute approximate surface area is 183 Å². The summed E-state index contributed by atoms with van der Waals surface area (Å²) >= 11 is 0. The summed E-state index contributed by atoms with van der Waals surface area (Å²) in [5.41, 5.74) is 6.26. The van der Waals surface area contributed by atoms with Crippen LogP contribution in [0, 0.1) is 27.7 Å². The lowest BCUT2D eigenvalue weighted by Crippen LogP contribution is -2.60. The molecule has 6 heteroatoms. The van der Waals surface area contributed by atoms with E-state index >= 15 is 0 Å². The van der Waals surface area contributed by atoms with Gasteiger partial charge in [-0.15, -0.1) is 0 Å². The van der Waals surface area contributed by atoms with Crippen molar-refractivity contribution in [1.82, 2.24) is 14.9 Å². The molecule has 1 atom stereocenters. The lowest BCUT2D eigenvalue weighted by Gasteiger charge is -2.47. The smallest absolute Gasteiger partial charge is 0.272 e. The molecule has 1 aromatic carbocycles. The highest BCUT2D eigenvalue weighted by Crippen LogP contribution is 2.32. The Kier molecular flexibility index (Phi) is 5.30. The van der Waals surface area contributed by atoms with E-state index in [9.17, 15) is 9.90 Å². The maximum Gasteiger partial charge on any atom is 0.272 e. The third kappa shape index (κ3) is 3.81. The number of aryl methyl sites for hydroxylation is 4. The summed E-state index contributed by atoms with van der Waals surface area (Å²) in [5, 5.41) is 14.9. The van der Waals surface area contributed by atoms with Crippen molar-refractivity contribution in [3.63, 3.8) is 0 Å². The molecule has 0 saturated carbocycles. The zero-order valence-corrected chi connectivity index (χ0v) is 19.3. The van der Waals surface area contributed by atoms with Crippen LogP contribution in [-0.2, 0) is 6.54 Å². The molecule has 3 heterocycles. The van der Waals surface area contributed by atoms with Crippen molar-refractivity contribution in [2.75, 3.05) is 11.9 Å². The van der Waals surface area contributed by atoms with Gasteiger partial charge in [0, 0.05) is 24.2 Å². The van der Waals surface area contributed by atoms with Crippen LogP contribution >= 0.6 is 0 Å². The monoisotopic (exact) mass is 420 g/mol. The van der Waals surface area contributed by atoms with Gasteiger partial charge in [0.25, 0.3) is 5.91 Å². The van der Waals surface area contributed by atoms with Crippen LogP contribution < -0.4 is 5.32 Å². The van der Waals surface area contributed by atoms with E-state index in [4.69, 9.17) is 4.98 Å². The average Bonchev–Trinajstić information content (AvgIpc) is 2.93. The Hall–Kier alpha value is -2.86. The minimum atomic E-state index is -0.929. The van der Waals surface area contributed by atoms with Crippen LogP contribution in [0.25, 0.3) is 10.9 Å². The van der Waals surface area contributed by atoms with E-state index in [1.54, 1.807) is 18.7 Å². The summed E-state index contributed by atoms with van der Waals surface area (Å²) in [6.45, 7) is 13.1. The number of benzene rings is 1. The Bertz CT molecular complexity index is 1140. The third-order valence-corrected chi connectivity index (χ3v) is 6.69. The number of anilines is 1. The van der Waals surface area contributed by atoms with Crippen LogP contribution in [0.3, 0.4) is 0 Å². The van der Waals surface area contributed by atoms with Crippen molar-refractivity contribution in [1.29, 1.82) is 0 Å². The van der Waals surface area contributed by atoms with Crippen LogP contribution in [0.5, 0.6) is 0 Å². The van der Waals surface area contributed by atoms with E-state index in [-0.39, 0.29) is 11.9 Å². The van der Waals surface area contributed by atoms with Crippen molar-refractivity contribution in [2.45, 2.75) is 66.2 Å². The summed E-state index contributed by atoms with van der Waals surface area (Å²) in [5.74, 6) is 0.550. The van der Waals surface area contributed by atoms with Gasteiger partial charge < -0.3 is 20.3 Å². The molecule has 31 heavy (non-hydrogen) atoms. The van der Waals surface area contributed by atoms with Gasteiger partial charge in [-0.2, -0.15) is 0 Å². The number of hydrogen-bond acceptors (Lipinski definition) is 4. The normalized spacial score (nSPS) is 16.5. The Morgan fingerprint density at radius 1 is 1.26 bits per heavy atom. The fourth-order valence-electron chi connectivity index (χ4n) is 4.50. The van der Waals surface area contributed by atoms with Crippen LogP contribution in [-0.4, -0.2) is 44.1 Å². The predicted molar refractivity (Wildman–Crippen MR) is 125 cm³/mol. The SMILES string of the molecule is Cc1cccc(C)c1CNc1nc(C(=O)N2CC[C@@H]2C(C)(C)O)cc2c(C)c(C)[nH]c12. The first kappa shape index (κ1) is 21.4. The molecule has 0 aliphatic carbocycles. The van der Waals surface area contributed by atoms with Crippen LogP contribution in [0.4, 0.5) is 5.82 Å². The molecule has 1 saturated heterocycles. The third-order valence-electron chi connectivity index (χ3n) is 6.69. The minimum absolute atomic E-state index is 0.131. The number of aliphatic hydroxyl groups is 1. The van der Waals surface area contributed by atoms with Gasteiger partial charge in [-0.1, -0.05) is 18.2 Å². The second kappa shape index (κ2) is 7.68. The first-order chi connectivity index (χ1) is 14.6. The number of amides is 1. The number of carbonyl (C=O) groups excluding carboxylic acids is 1. The van der Waals surface area contributed by atoms with Crippen molar-refractivity contribution < 1.29 is 9.90 Å². The number of aromatic amines is 1. The van der Waals surface area contributed by atoms with Gasteiger partial charge in [-0.25, -0.2) is 4.98 Å². The molecule has 1 fully saturated rings. The molecule has 1 amide bonds. The quantitative estimate of drug-likeness (QED) is 0.572. The molecule has 164 valence electrons. The Morgan fingerprint density at radius 3 is 2.52 bits per heavy atom. The summed E-state index contributed by atoms with van der Waals surface area (Å²) in [6, 6.07) is 7.97. The number of nitrogens with zero attached hydrogens (tertiary/aromatic N) is 2. The number of hydrogen-bond donors (Lipinski definition) is 3. The predicted octanol–water partition coefficient (Wildman–Crippen LogP) is 4.39. The average molecular weight is 421 g/mol. The zero-order valence-electron chi connectivity index (χ0n) is 19.3. The van der Waals surface area contributed by atoms with Gasteiger partial charge in [0.05, 0.1) is 17.2 Å². The van der Waals surface area contributed by atoms with Crippen molar-refractivity contribution in [2.24, 2.45) is 0 Å². The number of nitrogens with one attached hydrogen (secondary N) is 2. The zero-order chi connectivity index (χ0) is 22.5. The van der Waals surface area contributed by atoms with Crippen LogP contribution in [0.15, 0.2) is 24.3 Å². The highest BCUT2D eigenvalue weighted by atomic mass is 16.3. The topological polar surface area (TPSA) is 81.2 Å². The van der Waals surface area contributed by atoms with Gasteiger partial charge in [-0.05, 0) is 76.3 Å². The second-order valence-corrected chi connectivity index (χ2v) is 9.33. The Balaban J connectivity index is 1.71. The Morgan fingerprint density at radius 2 is 1.94 bits per heavy atom. The van der Waals surface area contributed by atoms with Crippen molar-refractivity contribution in [3.8, 4) is 0 Å². The lowest BCUT2D eigenvalue weighted by atomic mass is 9.87. The van der Waals surface area contributed by atoms with E-state index in [1.807, 2.05) is 13.0 Å². The molecule has 3 aromatic rings. The molecular formula is C25H32N4O2. The van der Waals surface area contributed by atoms with Gasteiger partial charge in [0.15, 0.2) is 5.82 Å². The van der Waals surface area contributed by atoms with E-state index in [0.717, 1.165) is 28.6 Å². The summed E-state index contributed by atoms with van der Waals surface area (Å²) in [4.78, 5) is 23.2. The van der Waals surface area contributed by atoms with Crippen molar-refractivity contribution >= 4 is 22.6 Å². The fourth-order valence-corrected chi connectivity index (χ4v) is 4.50. The summed E-state index contributed by atoms with van der Waals surface area (Å²) in [7, 11) is 0. The van der Waals surface area contributed by atoms with Crippen LogP contribution in [0.1, 0.15) is 58.7 Å². The molecular weight excluding hydrogens is 388 g/mol. The number of H-pyrrole nitrogens is 1. The number of rotatable bonds is 5. The fraction of sp³-hybridized carbons (Fsp3) is 0.440. The molecule has 6 nitrogen and oxygen atoms in total. The molecule has 0 unspecified atom stereocenters. The van der Waals surface area contributed by atoms with Crippen LogP contribution in [0.2, 0.25) is 0 Å². The molecule has 2 aromatic heterocycles. The molecule has 1 aliphatic rings. The molecule has 0 spiro atoms. The number of fused-ring (bicyclic) bond motifs is 1. The molecule has 0 radical (unpaired) electrons. The minimum Gasteiger partial charge on any atom is -0.388 e. The first-order valence-electron chi connectivity index (χ1n) is 10.9. The molecule has 0 bridgehead atoms. The van der Waals surface area contributed by atoms with Gasteiger partial charge in [0.2, 0.25) is 0 Å². The molecule has 4 rings (SSSR count). The number of likely N-dealkylation sites (tertiary alicyclic amines) is 1. The lowest BCUT2D eigenvalue weighted by molar-refractivity contribution is -0.0552. The van der Waals surface area contributed by atoms with Gasteiger partial charge in [-0.3, -0.25) is 4.79 Å². The number of aromatic nitrogens is 2. The van der Waals surface area contributed by atoms with Gasteiger partial charge in [0.1, 0.15) is 5.69 Å². The van der Waals surface area contributed by atoms with Crippen molar-refractivity contribution in [3.05, 3.63) is 57.9 Å². The maximum absolute atomic E-state index is 13.3. The highest BCUT2D eigenvalue weighted by molar-refractivity contribution is 6.01. The maximum atomic E-state index is 13.3. The van der Waals surface area contributed by atoms with E-state index in [1.165, 1.54) is 16.7 Å². The molecule has 3 N–H and O–H groups in total. The first-order valence-corrected chi connectivity index (χ1v) is 10.9. The molecule has 1 aliphatic heterocycles. The summed E-state index contributed by atoms with van der Waals surface area (Å²) < 4.78 is 0.